The highest BCUT2D eigenvalue weighted by atomic mass is 32.1. The number of fused-ring (bicyclic) bond motifs is 11. The zero-order valence-electron chi connectivity index (χ0n) is 33.3. The number of amidine groups is 1. The topological polar surface area (TPSA) is 42.8 Å². The predicted molar refractivity (Wildman–Crippen MR) is 258 cm³/mol. The summed E-state index contributed by atoms with van der Waals surface area (Å²) in [7, 11) is 0. The second kappa shape index (κ2) is 13.3. The quantitative estimate of drug-likeness (QED) is 0.171. The van der Waals surface area contributed by atoms with Gasteiger partial charge in [0.2, 0.25) is 0 Å². The summed E-state index contributed by atoms with van der Waals surface area (Å²) in [6, 6.07) is 65.9. The van der Waals surface area contributed by atoms with Crippen molar-refractivity contribution in [3.8, 4) is 5.69 Å². The molecular formula is C56H37N3OS. The summed E-state index contributed by atoms with van der Waals surface area (Å²) in [4.78, 5) is 11.1. The summed E-state index contributed by atoms with van der Waals surface area (Å²) < 4.78 is 11.4. The van der Waals surface area contributed by atoms with Crippen molar-refractivity contribution in [1.29, 1.82) is 0 Å². The molecule has 1 aliphatic rings. The van der Waals surface area contributed by atoms with Crippen LogP contribution in [0.15, 0.2) is 196 Å². The van der Waals surface area contributed by atoms with Crippen molar-refractivity contribution in [3.05, 3.63) is 199 Å². The number of thiophene rings is 1. The van der Waals surface area contributed by atoms with Crippen molar-refractivity contribution in [1.82, 2.24) is 4.57 Å². The zero-order chi connectivity index (χ0) is 40.2. The number of aromatic nitrogens is 1. The van der Waals surface area contributed by atoms with Gasteiger partial charge in [-0.3, -0.25) is 4.99 Å². The second-order valence-corrected chi connectivity index (χ2v) is 17.4. The molecule has 288 valence electrons. The van der Waals surface area contributed by atoms with E-state index in [1.807, 2.05) is 23.5 Å². The number of nitrogens with zero attached hydrogens (tertiary/aromatic N) is 3. The lowest BCUT2D eigenvalue weighted by Gasteiger charge is -2.30. The van der Waals surface area contributed by atoms with Crippen LogP contribution < -0.4 is 0 Å². The molecule has 13 rings (SSSR count). The second-order valence-electron chi connectivity index (χ2n) is 16.4. The lowest BCUT2D eigenvalue weighted by Crippen LogP contribution is -2.28. The Labute approximate surface area is 355 Å². The molecule has 61 heavy (non-hydrogen) atoms. The van der Waals surface area contributed by atoms with E-state index in [4.69, 9.17) is 14.4 Å². The van der Waals surface area contributed by atoms with Crippen LogP contribution in [0.3, 0.4) is 0 Å². The molecule has 1 aliphatic heterocycles. The number of benzene rings is 9. The van der Waals surface area contributed by atoms with Gasteiger partial charge in [0.05, 0.1) is 33.2 Å². The lowest BCUT2D eigenvalue weighted by atomic mass is 9.82. The fraction of sp³-hybridized carbons (Fsp3) is 0.0714. The Morgan fingerprint density at radius 2 is 1.15 bits per heavy atom. The van der Waals surface area contributed by atoms with Crippen LogP contribution >= 0.6 is 11.3 Å². The van der Waals surface area contributed by atoms with E-state index < -0.39 is 0 Å². The maximum Gasteiger partial charge on any atom is 0.155 e. The third kappa shape index (κ3) is 5.30. The largest absolute Gasteiger partial charge is 0.456 e. The molecule has 5 heteroatoms. The lowest BCUT2D eigenvalue weighted by molar-refractivity contribution is 0.533. The van der Waals surface area contributed by atoms with Crippen molar-refractivity contribution in [2.24, 2.45) is 15.9 Å². The number of hydrogen-bond acceptors (Lipinski definition) is 4. The zero-order valence-corrected chi connectivity index (χ0v) is 34.2. The summed E-state index contributed by atoms with van der Waals surface area (Å²) in [6.07, 6.45) is 0.865. The van der Waals surface area contributed by atoms with Crippen LogP contribution in [0.5, 0.6) is 0 Å². The van der Waals surface area contributed by atoms with Gasteiger partial charge >= 0.3 is 0 Å². The van der Waals surface area contributed by atoms with Gasteiger partial charge in [0, 0.05) is 48.5 Å². The van der Waals surface area contributed by atoms with Crippen LogP contribution in [-0.2, 0) is 0 Å². The summed E-state index contributed by atoms with van der Waals surface area (Å²) in [5.41, 5.74) is 9.71. The van der Waals surface area contributed by atoms with E-state index in [0.717, 1.165) is 51.0 Å². The van der Waals surface area contributed by atoms with Gasteiger partial charge in [-0.2, -0.15) is 0 Å². The van der Waals surface area contributed by atoms with Crippen molar-refractivity contribution in [2.75, 3.05) is 0 Å². The highest BCUT2D eigenvalue weighted by Gasteiger charge is 2.33. The number of aliphatic imine (C=N–C) groups is 2. The summed E-state index contributed by atoms with van der Waals surface area (Å²) >= 11 is 1.88. The first-order chi connectivity index (χ1) is 30.2. The Balaban J connectivity index is 1.10. The van der Waals surface area contributed by atoms with Crippen LogP contribution in [0.25, 0.3) is 91.1 Å². The van der Waals surface area contributed by atoms with Crippen molar-refractivity contribution < 1.29 is 4.42 Å². The van der Waals surface area contributed by atoms with Gasteiger partial charge in [-0.1, -0.05) is 122 Å². The first-order valence-corrected chi connectivity index (χ1v) is 21.9. The molecule has 2 unspecified atom stereocenters. The van der Waals surface area contributed by atoms with Gasteiger partial charge in [-0.05, 0) is 106 Å². The van der Waals surface area contributed by atoms with Crippen LogP contribution in [0.4, 0.5) is 0 Å². The molecule has 0 saturated carbocycles. The minimum atomic E-state index is -0.193. The van der Waals surface area contributed by atoms with E-state index >= 15 is 0 Å². The molecule has 0 spiro atoms. The number of furan rings is 1. The Morgan fingerprint density at radius 1 is 0.525 bits per heavy atom. The van der Waals surface area contributed by atoms with Crippen LogP contribution in [0.2, 0.25) is 0 Å². The standard InChI is InChI=1S/C56H37N3OS/c1-2-40-53(38-24-25-51-45(28-38)41-20-10-12-22-50(41)60-51)57-56(33-14-4-3-5-15-33)58-54(40)39-29-46-42-21-11-13-23-52(42)61-55(46)49(32-39)59-47-30-36-18-8-6-16-34(36)26-43(47)44-27-35-17-7-9-19-37(35)31-48(44)59/h3-32,40,54H,2H2,1H3. The average Bonchev–Trinajstić information content (AvgIpc) is 3.98. The van der Waals surface area contributed by atoms with Gasteiger partial charge in [0.25, 0.3) is 0 Å². The van der Waals surface area contributed by atoms with E-state index in [0.29, 0.717) is 0 Å². The van der Waals surface area contributed by atoms with Crippen LogP contribution in [0.1, 0.15) is 36.1 Å². The maximum absolute atomic E-state index is 6.29. The molecule has 0 aliphatic carbocycles. The van der Waals surface area contributed by atoms with Crippen molar-refractivity contribution in [3.63, 3.8) is 0 Å². The van der Waals surface area contributed by atoms with Crippen LogP contribution in [0, 0.1) is 5.92 Å². The Morgan fingerprint density at radius 3 is 1.87 bits per heavy atom. The molecule has 12 aromatic rings. The Kier molecular flexibility index (Phi) is 7.55. The fourth-order valence-corrected chi connectivity index (χ4v) is 11.2. The van der Waals surface area contributed by atoms with Gasteiger partial charge in [0.15, 0.2) is 5.84 Å². The molecule has 0 radical (unpaired) electrons. The fourth-order valence-electron chi connectivity index (χ4n) is 10.0. The van der Waals surface area contributed by atoms with E-state index in [2.05, 4.69) is 181 Å². The van der Waals surface area contributed by atoms with E-state index in [1.54, 1.807) is 0 Å². The van der Waals surface area contributed by atoms with Gasteiger partial charge in [0.1, 0.15) is 11.2 Å². The molecule has 0 fully saturated rings. The molecular weight excluding hydrogens is 763 g/mol. The van der Waals surface area contributed by atoms with Gasteiger partial charge in [-0.25, -0.2) is 4.99 Å². The van der Waals surface area contributed by atoms with E-state index in [9.17, 15) is 0 Å². The van der Waals surface area contributed by atoms with Crippen molar-refractivity contribution in [2.45, 2.75) is 19.4 Å². The Hall–Kier alpha value is -7.34. The van der Waals surface area contributed by atoms with E-state index in [1.165, 1.54) is 74.8 Å². The summed E-state index contributed by atoms with van der Waals surface area (Å²) in [5, 5.41) is 12.2. The molecule has 0 N–H and O–H groups in total. The normalized spacial score (nSPS) is 15.9. The molecule has 4 nitrogen and oxygen atoms in total. The molecule has 0 amide bonds. The van der Waals surface area contributed by atoms with Gasteiger partial charge in [-0.15, -0.1) is 11.3 Å². The highest BCUT2D eigenvalue weighted by Crippen LogP contribution is 2.46. The van der Waals surface area contributed by atoms with Crippen LogP contribution in [-0.4, -0.2) is 16.1 Å². The minimum absolute atomic E-state index is 0.0179. The average molecular weight is 800 g/mol. The monoisotopic (exact) mass is 799 g/mol. The molecule has 0 bridgehead atoms. The summed E-state index contributed by atoms with van der Waals surface area (Å²) in [6.45, 7) is 2.28. The minimum Gasteiger partial charge on any atom is -0.456 e. The van der Waals surface area contributed by atoms with E-state index in [-0.39, 0.29) is 12.0 Å². The molecule has 9 aromatic carbocycles. The first kappa shape index (κ1) is 34.5. The first-order valence-electron chi connectivity index (χ1n) is 21.1. The number of hydrogen-bond donors (Lipinski definition) is 0. The van der Waals surface area contributed by atoms with Crippen molar-refractivity contribution >= 4 is 108 Å². The summed E-state index contributed by atoms with van der Waals surface area (Å²) in [5.74, 6) is 0.776. The SMILES string of the molecule is CCC1C(c2ccc3oc4ccccc4c3c2)=NC(c2ccccc2)=NC1c1cc(-n2c3cc4ccccc4cc3c3cc4ccccc4cc32)c2sc3ccccc3c2c1. The predicted octanol–water partition coefficient (Wildman–Crippen LogP) is 15.4. The number of rotatable bonds is 5. The Bertz CT molecular complexity index is 3740. The third-order valence-corrected chi connectivity index (χ3v) is 14.1. The smallest absolute Gasteiger partial charge is 0.155 e. The molecule has 4 heterocycles. The number of para-hydroxylation sites is 1. The van der Waals surface area contributed by atoms with Gasteiger partial charge < -0.3 is 8.98 Å². The maximum atomic E-state index is 6.29. The molecule has 0 saturated heterocycles. The molecule has 2 atom stereocenters. The molecule has 3 aromatic heterocycles. The third-order valence-electron chi connectivity index (χ3n) is 12.9. The highest BCUT2D eigenvalue weighted by molar-refractivity contribution is 7.26.